The zero-order valence-electron chi connectivity index (χ0n) is 9.62. The Hall–Kier alpha value is -0.800. The number of hydrogen-bond donors (Lipinski definition) is 1. The molecule has 1 aliphatic carbocycles. The van der Waals surface area contributed by atoms with Crippen molar-refractivity contribution in [3.63, 3.8) is 0 Å². The molecule has 4 heteroatoms. The van der Waals surface area contributed by atoms with E-state index in [9.17, 15) is 0 Å². The maximum Gasteiger partial charge on any atom is 0.131 e. The molecule has 0 aromatic carbocycles. The molecule has 16 heavy (non-hydrogen) atoms. The summed E-state index contributed by atoms with van der Waals surface area (Å²) in [5.41, 5.74) is 0. The number of anilines is 1. The van der Waals surface area contributed by atoms with E-state index in [1.165, 1.54) is 12.8 Å². The standard InChI is InChI=1S/C12H18ClN3/c1-2-16(10-6-7-10)9-8-14-12-5-3-4-11(13)15-12/h3-5,10H,2,6-9H2,1H3,(H,14,15). The average molecular weight is 240 g/mol. The predicted molar refractivity (Wildman–Crippen MR) is 68.0 cm³/mol. The van der Waals surface area contributed by atoms with Crippen LogP contribution in [0.1, 0.15) is 19.8 Å². The predicted octanol–water partition coefficient (Wildman–Crippen LogP) is 2.63. The van der Waals surface area contributed by atoms with Gasteiger partial charge in [0.15, 0.2) is 0 Å². The second-order valence-electron chi connectivity index (χ2n) is 4.13. The molecule has 1 aromatic heterocycles. The monoisotopic (exact) mass is 239 g/mol. The van der Waals surface area contributed by atoms with E-state index in [0.717, 1.165) is 31.5 Å². The number of likely N-dealkylation sites (N-methyl/N-ethyl adjacent to an activating group) is 1. The van der Waals surface area contributed by atoms with Crippen LogP contribution in [-0.2, 0) is 0 Å². The van der Waals surface area contributed by atoms with Gasteiger partial charge >= 0.3 is 0 Å². The highest BCUT2D eigenvalue weighted by Crippen LogP contribution is 2.25. The first-order valence-corrected chi connectivity index (χ1v) is 6.28. The molecule has 2 rings (SSSR count). The number of pyridine rings is 1. The summed E-state index contributed by atoms with van der Waals surface area (Å²) in [6, 6.07) is 6.48. The lowest BCUT2D eigenvalue weighted by atomic mass is 10.4. The summed E-state index contributed by atoms with van der Waals surface area (Å²) in [6.07, 6.45) is 2.73. The van der Waals surface area contributed by atoms with Crippen LogP contribution in [0.5, 0.6) is 0 Å². The normalized spacial score (nSPS) is 15.4. The Kier molecular flexibility index (Phi) is 4.02. The van der Waals surface area contributed by atoms with Crippen LogP contribution in [-0.4, -0.2) is 35.6 Å². The van der Waals surface area contributed by atoms with Gasteiger partial charge in [0.25, 0.3) is 0 Å². The minimum Gasteiger partial charge on any atom is -0.369 e. The molecule has 0 atom stereocenters. The highest BCUT2D eigenvalue weighted by Gasteiger charge is 2.26. The molecule has 0 amide bonds. The summed E-state index contributed by atoms with van der Waals surface area (Å²) >= 11 is 5.81. The van der Waals surface area contributed by atoms with Crippen molar-refractivity contribution in [1.29, 1.82) is 0 Å². The fourth-order valence-electron chi connectivity index (χ4n) is 1.87. The first-order chi connectivity index (χ1) is 7.79. The van der Waals surface area contributed by atoms with Crippen molar-refractivity contribution in [3.05, 3.63) is 23.4 Å². The van der Waals surface area contributed by atoms with E-state index in [-0.39, 0.29) is 0 Å². The SMILES string of the molecule is CCN(CCNc1cccc(Cl)n1)C1CC1. The Labute approximate surface area is 102 Å². The minimum absolute atomic E-state index is 0.541. The summed E-state index contributed by atoms with van der Waals surface area (Å²) in [4.78, 5) is 6.70. The van der Waals surface area contributed by atoms with Gasteiger partial charge in [-0.05, 0) is 31.5 Å². The Balaban J connectivity index is 1.74. The zero-order valence-corrected chi connectivity index (χ0v) is 10.4. The van der Waals surface area contributed by atoms with Crippen LogP contribution in [0, 0.1) is 0 Å². The van der Waals surface area contributed by atoms with Crippen LogP contribution in [0.4, 0.5) is 5.82 Å². The second-order valence-corrected chi connectivity index (χ2v) is 4.52. The lowest BCUT2D eigenvalue weighted by molar-refractivity contribution is 0.289. The third-order valence-corrected chi connectivity index (χ3v) is 3.10. The van der Waals surface area contributed by atoms with E-state index in [1.807, 2.05) is 12.1 Å². The van der Waals surface area contributed by atoms with Gasteiger partial charge in [-0.15, -0.1) is 0 Å². The summed E-state index contributed by atoms with van der Waals surface area (Å²) in [5.74, 6) is 0.861. The van der Waals surface area contributed by atoms with Gasteiger partial charge in [-0.1, -0.05) is 24.6 Å². The van der Waals surface area contributed by atoms with E-state index < -0.39 is 0 Å². The van der Waals surface area contributed by atoms with Gasteiger partial charge in [-0.2, -0.15) is 0 Å². The van der Waals surface area contributed by atoms with E-state index >= 15 is 0 Å². The van der Waals surface area contributed by atoms with Gasteiger partial charge in [0.2, 0.25) is 0 Å². The largest absolute Gasteiger partial charge is 0.369 e. The van der Waals surface area contributed by atoms with E-state index in [2.05, 4.69) is 22.1 Å². The molecule has 88 valence electrons. The number of rotatable bonds is 6. The van der Waals surface area contributed by atoms with Crippen molar-refractivity contribution in [3.8, 4) is 0 Å². The van der Waals surface area contributed by atoms with Crippen LogP contribution in [0.25, 0.3) is 0 Å². The third-order valence-electron chi connectivity index (χ3n) is 2.89. The molecule has 0 radical (unpaired) electrons. The van der Waals surface area contributed by atoms with E-state index in [4.69, 9.17) is 11.6 Å². The summed E-state index contributed by atoms with van der Waals surface area (Å²) in [5, 5.41) is 3.84. The number of nitrogens with zero attached hydrogens (tertiary/aromatic N) is 2. The average Bonchev–Trinajstić information content (AvgIpc) is 3.08. The second kappa shape index (κ2) is 5.51. The van der Waals surface area contributed by atoms with Crippen LogP contribution < -0.4 is 5.32 Å². The quantitative estimate of drug-likeness (QED) is 0.774. The van der Waals surface area contributed by atoms with Gasteiger partial charge in [0, 0.05) is 19.1 Å². The van der Waals surface area contributed by atoms with Gasteiger partial charge in [-0.3, -0.25) is 4.90 Å². The van der Waals surface area contributed by atoms with Crippen LogP contribution >= 0.6 is 11.6 Å². The number of halogens is 1. The fourth-order valence-corrected chi connectivity index (χ4v) is 2.04. The first kappa shape index (κ1) is 11.7. The first-order valence-electron chi connectivity index (χ1n) is 5.90. The number of hydrogen-bond acceptors (Lipinski definition) is 3. The molecule has 1 heterocycles. The molecular formula is C12H18ClN3. The Morgan fingerprint density at radius 3 is 2.94 bits per heavy atom. The highest BCUT2D eigenvalue weighted by atomic mass is 35.5. The Bertz CT molecular complexity index is 339. The zero-order chi connectivity index (χ0) is 11.4. The molecule has 0 spiro atoms. The van der Waals surface area contributed by atoms with Crippen molar-refractivity contribution in [2.24, 2.45) is 0 Å². The molecule has 0 saturated heterocycles. The van der Waals surface area contributed by atoms with E-state index in [1.54, 1.807) is 6.07 Å². The smallest absolute Gasteiger partial charge is 0.131 e. The molecule has 1 fully saturated rings. The molecule has 1 aliphatic rings. The van der Waals surface area contributed by atoms with E-state index in [0.29, 0.717) is 5.15 Å². The van der Waals surface area contributed by atoms with Crippen molar-refractivity contribution in [2.45, 2.75) is 25.8 Å². The maximum atomic E-state index is 5.81. The fraction of sp³-hybridized carbons (Fsp3) is 0.583. The van der Waals surface area contributed by atoms with Crippen molar-refractivity contribution >= 4 is 17.4 Å². The highest BCUT2D eigenvalue weighted by molar-refractivity contribution is 6.29. The molecule has 1 saturated carbocycles. The molecular weight excluding hydrogens is 222 g/mol. The Morgan fingerprint density at radius 1 is 1.50 bits per heavy atom. The lowest BCUT2D eigenvalue weighted by Gasteiger charge is -2.19. The van der Waals surface area contributed by atoms with Gasteiger partial charge in [0.1, 0.15) is 11.0 Å². The van der Waals surface area contributed by atoms with Gasteiger partial charge < -0.3 is 5.32 Å². The van der Waals surface area contributed by atoms with Crippen molar-refractivity contribution in [2.75, 3.05) is 25.0 Å². The van der Waals surface area contributed by atoms with Crippen LogP contribution in [0.15, 0.2) is 18.2 Å². The topological polar surface area (TPSA) is 28.2 Å². The molecule has 0 aliphatic heterocycles. The summed E-state index contributed by atoms with van der Waals surface area (Å²) in [6.45, 7) is 5.36. The molecule has 0 unspecified atom stereocenters. The molecule has 1 N–H and O–H groups in total. The van der Waals surface area contributed by atoms with Crippen molar-refractivity contribution < 1.29 is 0 Å². The van der Waals surface area contributed by atoms with Gasteiger partial charge in [0.05, 0.1) is 0 Å². The van der Waals surface area contributed by atoms with Crippen LogP contribution in [0.2, 0.25) is 5.15 Å². The molecule has 3 nitrogen and oxygen atoms in total. The van der Waals surface area contributed by atoms with Crippen molar-refractivity contribution in [1.82, 2.24) is 9.88 Å². The molecule has 1 aromatic rings. The summed E-state index contributed by atoms with van der Waals surface area (Å²) < 4.78 is 0. The molecule has 0 bridgehead atoms. The number of aromatic nitrogens is 1. The minimum atomic E-state index is 0.541. The lowest BCUT2D eigenvalue weighted by Crippen LogP contribution is -2.31. The van der Waals surface area contributed by atoms with Gasteiger partial charge in [-0.25, -0.2) is 4.98 Å². The number of nitrogens with one attached hydrogen (secondary N) is 1. The summed E-state index contributed by atoms with van der Waals surface area (Å²) in [7, 11) is 0. The Morgan fingerprint density at radius 2 is 2.31 bits per heavy atom. The van der Waals surface area contributed by atoms with Crippen LogP contribution in [0.3, 0.4) is 0 Å². The maximum absolute atomic E-state index is 5.81. The third kappa shape index (κ3) is 3.35.